The average molecular weight is 375 g/mol. The lowest BCUT2D eigenvalue weighted by atomic mass is 10.1. The number of benzene rings is 2. The standard InChI is InChI=1S/C16H16F3NO4S/c1-11(12-4-3-5-14(10-12)23-2)20-25(21,22)15-8-6-13(7-9-15)24-16(17,18)19/h3-11,20H,1-2H3. The summed E-state index contributed by atoms with van der Waals surface area (Å²) in [5.41, 5.74) is 0.681. The molecule has 1 N–H and O–H groups in total. The lowest BCUT2D eigenvalue weighted by Gasteiger charge is -2.16. The molecule has 0 fully saturated rings. The number of alkyl halides is 3. The smallest absolute Gasteiger partial charge is 0.497 e. The van der Waals surface area contributed by atoms with Gasteiger partial charge in [0.2, 0.25) is 10.0 Å². The second kappa shape index (κ2) is 7.32. The quantitative estimate of drug-likeness (QED) is 0.837. The van der Waals surface area contributed by atoms with Gasteiger partial charge in [-0.05, 0) is 48.9 Å². The topological polar surface area (TPSA) is 64.6 Å². The first-order valence-corrected chi connectivity index (χ1v) is 8.61. The van der Waals surface area contributed by atoms with Crippen molar-refractivity contribution >= 4 is 10.0 Å². The van der Waals surface area contributed by atoms with Crippen LogP contribution >= 0.6 is 0 Å². The molecule has 5 nitrogen and oxygen atoms in total. The average Bonchev–Trinajstić information content (AvgIpc) is 2.53. The Morgan fingerprint density at radius 1 is 1.04 bits per heavy atom. The molecule has 0 saturated carbocycles. The number of halogens is 3. The molecular formula is C16H16F3NO4S. The first-order valence-electron chi connectivity index (χ1n) is 7.13. The second-order valence-electron chi connectivity index (χ2n) is 5.14. The van der Waals surface area contributed by atoms with Crippen LogP contribution < -0.4 is 14.2 Å². The van der Waals surface area contributed by atoms with Gasteiger partial charge in [0.15, 0.2) is 0 Å². The molecule has 9 heteroatoms. The van der Waals surface area contributed by atoms with Crippen LogP contribution in [0.15, 0.2) is 53.4 Å². The van der Waals surface area contributed by atoms with E-state index in [1.165, 1.54) is 7.11 Å². The summed E-state index contributed by atoms with van der Waals surface area (Å²) in [6, 6.07) is 10.3. The number of sulfonamides is 1. The Morgan fingerprint density at radius 3 is 2.24 bits per heavy atom. The second-order valence-corrected chi connectivity index (χ2v) is 6.85. The van der Waals surface area contributed by atoms with E-state index in [-0.39, 0.29) is 4.90 Å². The number of hydrogen-bond donors (Lipinski definition) is 1. The Hall–Kier alpha value is -2.26. The van der Waals surface area contributed by atoms with Crippen LogP contribution in [0.5, 0.6) is 11.5 Å². The van der Waals surface area contributed by atoms with Gasteiger partial charge in [-0.1, -0.05) is 12.1 Å². The van der Waals surface area contributed by atoms with Gasteiger partial charge in [0.25, 0.3) is 0 Å². The van der Waals surface area contributed by atoms with Crippen molar-refractivity contribution in [3.05, 3.63) is 54.1 Å². The third-order valence-electron chi connectivity index (χ3n) is 3.29. The summed E-state index contributed by atoms with van der Waals surface area (Å²) in [6.45, 7) is 1.65. The third kappa shape index (κ3) is 5.36. The van der Waals surface area contributed by atoms with Crippen molar-refractivity contribution < 1.29 is 31.1 Å². The van der Waals surface area contributed by atoms with Gasteiger partial charge in [-0.25, -0.2) is 13.1 Å². The van der Waals surface area contributed by atoms with Crippen molar-refractivity contribution in [3.63, 3.8) is 0 Å². The molecule has 1 unspecified atom stereocenters. The highest BCUT2D eigenvalue weighted by Crippen LogP contribution is 2.25. The van der Waals surface area contributed by atoms with Gasteiger partial charge in [0.05, 0.1) is 12.0 Å². The third-order valence-corrected chi connectivity index (χ3v) is 4.85. The van der Waals surface area contributed by atoms with Crippen LogP contribution in [0.4, 0.5) is 13.2 Å². The Bertz CT molecular complexity index is 820. The van der Waals surface area contributed by atoms with Gasteiger partial charge >= 0.3 is 6.36 Å². The maximum Gasteiger partial charge on any atom is 0.573 e. The fraction of sp³-hybridized carbons (Fsp3) is 0.250. The van der Waals surface area contributed by atoms with E-state index in [1.54, 1.807) is 31.2 Å². The van der Waals surface area contributed by atoms with E-state index >= 15 is 0 Å². The van der Waals surface area contributed by atoms with E-state index in [0.29, 0.717) is 11.3 Å². The highest BCUT2D eigenvalue weighted by molar-refractivity contribution is 7.89. The summed E-state index contributed by atoms with van der Waals surface area (Å²) in [5.74, 6) is 0.0875. The van der Waals surface area contributed by atoms with E-state index < -0.39 is 28.2 Å². The predicted octanol–water partition coefficient (Wildman–Crippen LogP) is 3.63. The molecule has 2 aromatic rings. The maximum atomic E-state index is 12.4. The molecule has 2 rings (SSSR count). The normalized spacial score (nSPS) is 13.3. The molecule has 25 heavy (non-hydrogen) atoms. The predicted molar refractivity (Wildman–Crippen MR) is 84.9 cm³/mol. The van der Waals surface area contributed by atoms with E-state index in [9.17, 15) is 21.6 Å². The van der Waals surface area contributed by atoms with Gasteiger partial charge in [-0.2, -0.15) is 0 Å². The molecule has 136 valence electrons. The molecule has 0 saturated heterocycles. The SMILES string of the molecule is COc1cccc(C(C)NS(=O)(=O)c2ccc(OC(F)(F)F)cc2)c1. The molecule has 1 atom stereocenters. The zero-order valence-electron chi connectivity index (χ0n) is 13.4. The highest BCUT2D eigenvalue weighted by atomic mass is 32.2. The van der Waals surface area contributed by atoms with Crippen molar-refractivity contribution in [1.29, 1.82) is 0 Å². The Balaban J connectivity index is 2.15. The molecule has 0 amide bonds. The Kier molecular flexibility index (Phi) is 5.58. The minimum atomic E-state index is -4.83. The van der Waals surface area contributed by atoms with Crippen LogP contribution in [0.3, 0.4) is 0 Å². The zero-order valence-corrected chi connectivity index (χ0v) is 14.2. The lowest BCUT2D eigenvalue weighted by Crippen LogP contribution is -2.27. The van der Waals surface area contributed by atoms with E-state index in [4.69, 9.17) is 4.74 Å². The van der Waals surface area contributed by atoms with Crippen molar-refractivity contribution in [2.75, 3.05) is 7.11 Å². The monoisotopic (exact) mass is 375 g/mol. The van der Waals surface area contributed by atoms with Crippen LogP contribution in [0.2, 0.25) is 0 Å². The number of nitrogens with one attached hydrogen (secondary N) is 1. The molecule has 0 spiro atoms. The Labute approximate surface area is 143 Å². The lowest BCUT2D eigenvalue weighted by molar-refractivity contribution is -0.274. The van der Waals surface area contributed by atoms with Crippen molar-refractivity contribution in [3.8, 4) is 11.5 Å². The van der Waals surface area contributed by atoms with E-state index in [0.717, 1.165) is 24.3 Å². The minimum Gasteiger partial charge on any atom is -0.497 e. The molecule has 2 aromatic carbocycles. The fourth-order valence-electron chi connectivity index (χ4n) is 2.10. The number of ether oxygens (including phenoxy) is 2. The number of methoxy groups -OCH3 is 1. The van der Waals surface area contributed by atoms with Gasteiger partial charge in [-0.3, -0.25) is 0 Å². The summed E-state index contributed by atoms with van der Waals surface area (Å²) in [5, 5.41) is 0. The number of rotatable bonds is 6. The molecular weight excluding hydrogens is 359 g/mol. The summed E-state index contributed by atoms with van der Waals surface area (Å²) in [7, 11) is -2.42. The molecule has 0 aliphatic rings. The highest BCUT2D eigenvalue weighted by Gasteiger charge is 2.31. The Morgan fingerprint density at radius 2 is 1.68 bits per heavy atom. The first kappa shape index (κ1) is 19.1. The summed E-state index contributed by atoms with van der Waals surface area (Å²) >= 11 is 0. The minimum absolute atomic E-state index is 0.170. The van der Waals surface area contributed by atoms with Gasteiger partial charge in [0, 0.05) is 6.04 Å². The summed E-state index contributed by atoms with van der Waals surface area (Å²) in [6.07, 6.45) is -4.83. The largest absolute Gasteiger partial charge is 0.573 e. The van der Waals surface area contributed by atoms with Crippen LogP contribution in [-0.2, 0) is 10.0 Å². The fourth-order valence-corrected chi connectivity index (χ4v) is 3.33. The van der Waals surface area contributed by atoms with Gasteiger partial charge in [-0.15, -0.1) is 13.2 Å². The maximum absolute atomic E-state index is 12.4. The van der Waals surface area contributed by atoms with Crippen molar-refractivity contribution in [2.24, 2.45) is 0 Å². The molecule has 0 heterocycles. The number of hydrogen-bond acceptors (Lipinski definition) is 4. The van der Waals surface area contributed by atoms with Crippen molar-refractivity contribution in [1.82, 2.24) is 4.72 Å². The van der Waals surface area contributed by atoms with Gasteiger partial charge in [0.1, 0.15) is 11.5 Å². The van der Waals surface area contributed by atoms with E-state index in [2.05, 4.69) is 9.46 Å². The first-order chi connectivity index (χ1) is 11.6. The van der Waals surface area contributed by atoms with Crippen LogP contribution in [0.1, 0.15) is 18.5 Å². The van der Waals surface area contributed by atoms with Crippen LogP contribution in [-0.4, -0.2) is 21.9 Å². The summed E-state index contributed by atoms with van der Waals surface area (Å²) < 4.78 is 72.4. The molecule has 0 bridgehead atoms. The molecule has 0 aliphatic heterocycles. The molecule has 0 aromatic heterocycles. The van der Waals surface area contributed by atoms with Crippen LogP contribution in [0, 0.1) is 0 Å². The van der Waals surface area contributed by atoms with Gasteiger partial charge < -0.3 is 9.47 Å². The molecule has 0 aliphatic carbocycles. The molecule has 0 radical (unpaired) electrons. The van der Waals surface area contributed by atoms with E-state index in [1.807, 2.05) is 0 Å². The zero-order chi connectivity index (χ0) is 18.7. The summed E-state index contributed by atoms with van der Waals surface area (Å²) in [4.78, 5) is -0.170. The van der Waals surface area contributed by atoms with Crippen LogP contribution in [0.25, 0.3) is 0 Å². The van der Waals surface area contributed by atoms with Crippen molar-refractivity contribution in [2.45, 2.75) is 24.2 Å².